The van der Waals surface area contributed by atoms with Crippen LogP contribution in [0.2, 0.25) is 0 Å². The number of hydrogen-bond donors (Lipinski definition) is 0. The van der Waals surface area contributed by atoms with Gasteiger partial charge in [-0.15, -0.1) is 0 Å². The van der Waals surface area contributed by atoms with E-state index in [2.05, 4.69) is 6.58 Å². The van der Waals surface area contributed by atoms with Crippen LogP contribution in [0.15, 0.2) is 43.0 Å². The summed E-state index contributed by atoms with van der Waals surface area (Å²) in [4.78, 5) is 10.9. The molecule has 1 heterocycles. The monoisotopic (exact) mass is 234 g/mol. The van der Waals surface area contributed by atoms with Crippen molar-refractivity contribution in [3.8, 4) is 0 Å². The maximum Gasteiger partial charge on any atom is 0.509 e. The van der Waals surface area contributed by atoms with E-state index in [-0.39, 0.29) is 13.2 Å². The van der Waals surface area contributed by atoms with Crippen LogP contribution in [0.25, 0.3) is 0 Å². The van der Waals surface area contributed by atoms with Gasteiger partial charge in [0.15, 0.2) is 5.60 Å². The normalized spacial score (nSPS) is 22.9. The van der Waals surface area contributed by atoms with Crippen LogP contribution in [-0.2, 0) is 20.8 Å². The molecular weight excluding hydrogens is 220 g/mol. The second-order valence-corrected chi connectivity index (χ2v) is 3.89. The van der Waals surface area contributed by atoms with E-state index in [1.165, 1.54) is 0 Å². The molecule has 4 heteroatoms. The van der Waals surface area contributed by atoms with Gasteiger partial charge in [0.1, 0.15) is 6.61 Å². The van der Waals surface area contributed by atoms with Crippen LogP contribution in [0.4, 0.5) is 4.79 Å². The molecule has 1 aliphatic heterocycles. The van der Waals surface area contributed by atoms with Crippen molar-refractivity contribution in [1.82, 2.24) is 0 Å². The summed E-state index contributed by atoms with van der Waals surface area (Å²) < 4.78 is 15.3. The topological polar surface area (TPSA) is 44.8 Å². The molecule has 0 amide bonds. The third kappa shape index (κ3) is 2.85. The molecule has 0 spiro atoms. The Morgan fingerprint density at radius 2 is 2.18 bits per heavy atom. The van der Waals surface area contributed by atoms with E-state index in [9.17, 15) is 4.79 Å². The number of rotatable bonds is 5. The minimum absolute atomic E-state index is 0.157. The lowest BCUT2D eigenvalue weighted by molar-refractivity contribution is -0.00373. The van der Waals surface area contributed by atoms with Crippen molar-refractivity contribution in [3.05, 3.63) is 48.6 Å². The Balaban J connectivity index is 1.85. The first-order valence-electron chi connectivity index (χ1n) is 5.35. The Morgan fingerprint density at radius 3 is 2.76 bits per heavy atom. The van der Waals surface area contributed by atoms with Gasteiger partial charge in [0.25, 0.3) is 0 Å². The molecule has 0 aliphatic carbocycles. The van der Waals surface area contributed by atoms with Gasteiger partial charge in [-0.05, 0) is 11.6 Å². The van der Waals surface area contributed by atoms with E-state index >= 15 is 0 Å². The van der Waals surface area contributed by atoms with Crippen molar-refractivity contribution in [1.29, 1.82) is 0 Å². The number of benzene rings is 1. The first-order chi connectivity index (χ1) is 8.24. The highest BCUT2D eigenvalue weighted by atomic mass is 16.8. The van der Waals surface area contributed by atoms with Gasteiger partial charge < -0.3 is 14.2 Å². The first kappa shape index (κ1) is 11.7. The molecule has 1 unspecified atom stereocenters. The molecule has 1 atom stereocenters. The second-order valence-electron chi connectivity index (χ2n) is 3.89. The van der Waals surface area contributed by atoms with Crippen LogP contribution in [0, 0.1) is 0 Å². The van der Waals surface area contributed by atoms with Crippen molar-refractivity contribution in [2.24, 2.45) is 0 Å². The van der Waals surface area contributed by atoms with Crippen molar-refractivity contribution in [2.45, 2.75) is 12.2 Å². The molecule has 17 heavy (non-hydrogen) atoms. The molecule has 1 saturated heterocycles. The number of cyclic esters (lactones) is 2. The molecule has 0 saturated carbocycles. The summed E-state index contributed by atoms with van der Waals surface area (Å²) in [6.07, 6.45) is 0.872. The minimum Gasteiger partial charge on any atom is -0.430 e. The van der Waals surface area contributed by atoms with Crippen molar-refractivity contribution in [2.75, 3.05) is 13.2 Å². The predicted molar refractivity (Wildman–Crippen MR) is 61.5 cm³/mol. The van der Waals surface area contributed by atoms with Crippen molar-refractivity contribution >= 4 is 6.16 Å². The highest BCUT2D eigenvalue weighted by molar-refractivity contribution is 5.63. The Labute approximate surface area is 99.8 Å². The Bertz CT molecular complexity index is 401. The molecule has 4 nitrogen and oxygen atoms in total. The van der Waals surface area contributed by atoms with E-state index in [1.807, 2.05) is 30.3 Å². The highest BCUT2D eigenvalue weighted by Gasteiger charge is 2.40. The van der Waals surface area contributed by atoms with E-state index in [0.29, 0.717) is 6.61 Å². The van der Waals surface area contributed by atoms with Gasteiger partial charge in [-0.1, -0.05) is 36.9 Å². The Hall–Kier alpha value is -1.81. The second kappa shape index (κ2) is 5.01. The lowest BCUT2D eigenvalue weighted by Crippen LogP contribution is -2.34. The zero-order valence-corrected chi connectivity index (χ0v) is 9.43. The van der Waals surface area contributed by atoms with Gasteiger partial charge in [0, 0.05) is 0 Å². The quantitative estimate of drug-likeness (QED) is 0.579. The summed E-state index contributed by atoms with van der Waals surface area (Å²) in [5.41, 5.74) is 0.225. The SMILES string of the molecule is C=CC1(COCc2ccccc2)COC(=O)O1. The molecule has 0 bridgehead atoms. The van der Waals surface area contributed by atoms with Crippen LogP contribution in [0.1, 0.15) is 5.56 Å². The molecule has 0 aromatic heterocycles. The fraction of sp³-hybridized carbons (Fsp3) is 0.308. The van der Waals surface area contributed by atoms with E-state index in [1.54, 1.807) is 6.08 Å². The van der Waals surface area contributed by atoms with Gasteiger partial charge >= 0.3 is 6.16 Å². The molecular formula is C13H14O4. The van der Waals surface area contributed by atoms with Gasteiger partial charge in [0.05, 0.1) is 13.2 Å². The first-order valence-corrected chi connectivity index (χ1v) is 5.35. The van der Waals surface area contributed by atoms with Gasteiger partial charge in [-0.2, -0.15) is 0 Å². The summed E-state index contributed by atoms with van der Waals surface area (Å²) >= 11 is 0. The minimum atomic E-state index is -0.841. The van der Waals surface area contributed by atoms with Crippen LogP contribution in [0.5, 0.6) is 0 Å². The number of carbonyl (C=O) groups excluding carboxylic acids is 1. The third-order valence-electron chi connectivity index (χ3n) is 2.55. The maximum absolute atomic E-state index is 10.9. The third-order valence-corrected chi connectivity index (χ3v) is 2.55. The van der Waals surface area contributed by atoms with Crippen LogP contribution in [0.3, 0.4) is 0 Å². The van der Waals surface area contributed by atoms with Gasteiger partial charge in [0.2, 0.25) is 0 Å². The Kier molecular flexibility index (Phi) is 3.44. The summed E-state index contributed by atoms with van der Waals surface area (Å²) in [5.74, 6) is 0. The molecule has 0 radical (unpaired) electrons. The summed E-state index contributed by atoms with van der Waals surface area (Å²) in [6, 6.07) is 9.78. The highest BCUT2D eigenvalue weighted by Crippen LogP contribution is 2.22. The van der Waals surface area contributed by atoms with Crippen molar-refractivity contribution in [3.63, 3.8) is 0 Å². The van der Waals surface area contributed by atoms with E-state index in [0.717, 1.165) is 5.56 Å². The average molecular weight is 234 g/mol. The predicted octanol–water partition coefficient (Wildman–Crippen LogP) is 2.29. The zero-order chi connectivity index (χ0) is 12.1. The summed E-state index contributed by atoms with van der Waals surface area (Å²) in [6.45, 7) is 4.51. The largest absolute Gasteiger partial charge is 0.509 e. The molecule has 1 fully saturated rings. The molecule has 1 aliphatic rings. The smallest absolute Gasteiger partial charge is 0.430 e. The van der Waals surface area contributed by atoms with Crippen LogP contribution < -0.4 is 0 Å². The fourth-order valence-corrected chi connectivity index (χ4v) is 1.55. The zero-order valence-electron chi connectivity index (χ0n) is 9.43. The lowest BCUT2D eigenvalue weighted by atomic mass is 10.1. The van der Waals surface area contributed by atoms with Gasteiger partial charge in [-0.25, -0.2) is 4.79 Å². The molecule has 0 N–H and O–H groups in total. The number of ether oxygens (including phenoxy) is 3. The number of carbonyl (C=O) groups is 1. The van der Waals surface area contributed by atoms with E-state index < -0.39 is 11.8 Å². The maximum atomic E-state index is 10.9. The van der Waals surface area contributed by atoms with Gasteiger partial charge in [-0.3, -0.25) is 0 Å². The molecule has 1 aromatic carbocycles. The van der Waals surface area contributed by atoms with E-state index in [4.69, 9.17) is 14.2 Å². The fourth-order valence-electron chi connectivity index (χ4n) is 1.55. The summed E-state index contributed by atoms with van der Waals surface area (Å²) in [5, 5.41) is 0. The average Bonchev–Trinajstić information content (AvgIpc) is 2.73. The molecule has 1 aromatic rings. The Morgan fingerprint density at radius 1 is 1.41 bits per heavy atom. The number of hydrogen-bond acceptors (Lipinski definition) is 4. The lowest BCUT2D eigenvalue weighted by Gasteiger charge is -2.20. The van der Waals surface area contributed by atoms with Crippen molar-refractivity contribution < 1.29 is 19.0 Å². The molecule has 90 valence electrons. The van der Waals surface area contributed by atoms with Crippen LogP contribution in [-0.4, -0.2) is 25.0 Å². The summed E-state index contributed by atoms with van der Waals surface area (Å²) in [7, 11) is 0. The standard InChI is InChI=1S/C13H14O4/c1-2-13(10-16-12(14)17-13)9-15-8-11-6-4-3-5-7-11/h2-7H,1,8-10H2. The molecule has 2 rings (SSSR count). The van der Waals surface area contributed by atoms with Crippen LogP contribution >= 0.6 is 0 Å².